The van der Waals surface area contributed by atoms with Crippen LogP contribution >= 0.6 is 0 Å². The second-order valence-corrected chi connectivity index (χ2v) is 11.5. The minimum atomic E-state index is -1.16. The van der Waals surface area contributed by atoms with E-state index in [1.54, 1.807) is 31.5 Å². The predicted molar refractivity (Wildman–Crippen MR) is 163 cm³/mol. The van der Waals surface area contributed by atoms with Gasteiger partial charge in [0.2, 0.25) is 17.6 Å². The molecule has 1 aromatic heterocycles. The SMILES string of the molecule is CCC(C)C(NC(=O)C(CC(=O)OCc1ccccc1)CC(C)C)C(=O)C(=O)NCC(=O)CC(Cc1ccncc1)C(N)=O. The number of amides is 3. The van der Waals surface area contributed by atoms with Gasteiger partial charge in [-0.05, 0) is 47.9 Å². The van der Waals surface area contributed by atoms with Crippen LogP contribution in [0.25, 0.3) is 0 Å². The highest BCUT2D eigenvalue weighted by Gasteiger charge is 2.34. The first-order valence-corrected chi connectivity index (χ1v) is 14.9. The van der Waals surface area contributed by atoms with Crippen LogP contribution < -0.4 is 16.4 Å². The van der Waals surface area contributed by atoms with E-state index in [2.05, 4.69) is 15.6 Å². The molecule has 238 valence electrons. The molecule has 0 radical (unpaired) electrons. The van der Waals surface area contributed by atoms with Crippen molar-refractivity contribution in [3.8, 4) is 0 Å². The monoisotopic (exact) mass is 608 g/mol. The highest BCUT2D eigenvalue weighted by Crippen LogP contribution is 2.19. The first kappa shape index (κ1) is 35.8. The number of Topliss-reactive ketones (excluding diaryl/α,β-unsaturated/α-hetero) is 2. The van der Waals surface area contributed by atoms with E-state index >= 15 is 0 Å². The summed E-state index contributed by atoms with van der Waals surface area (Å²) in [6.07, 6.45) is 3.82. The lowest BCUT2D eigenvalue weighted by atomic mass is 9.90. The fourth-order valence-electron chi connectivity index (χ4n) is 4.65. The van der Waals surface area contributed by atoms with Gasteiger partial charge in [0, 0.05) is 30.7 Å². The van der Waals surface area contributed by atoms with Gasteiger partial charge < -0.3 is 21.1 Å². The molecule has 0 saturated heterocycles. The number of ether oxygens (including phenoxy) is 1. The quantitative estimate of drug-likeness (QED) is 0.161. The molecule has 0 bridgehead atoms. The summed E-state index contributed by atoms with van der Waals surface area (Å²) in [7, 11) is 0. The molecular weight excluding hydrogens is 564 g/mol. The van der Waals surface area contributed by atoms with Gasteiger partial charge in [-0.25, -0.2) is 0 Å². The molecule has 0 aliphatic rings. The molecule has 3 amide bonds. The number of esters is 1. The van der Waals surface area contributed by atoms with Crippen LogP contribution in [0.3, 0.4) is 0 Å². The van der Waals surface area contributed by atoms with Crippen LogP contribution in [-0.2, 0) is 46.5 Å². The fourth-order valence-corrected chi connectivity index (χ4v) is 4.65. The molecule has 1 aromatic carbocycles. The standard InChI is InChI=1S/C33H44N4O7/c1-5-22(4)29(37-32(42)26(15-21(2)3)18-28(39)44-20-24-9-7-6-8-10-24)30(40)33(43)36-19-27(38)17-25(31(34)41)16-23-11-13-35-14-12-23/h6-14,21-22,25-26,29H,5,15-20H2,1-4H3,(H2,34,41)(H,36,43)(H,37,42). The Hall–Kier alpha value is -4.41. The Morgan fingerprint density at radius 2 is 1.55 bits per heavy atom. The topological polar surface area (TPSA) is 175 Å². The number of nitrogens with two attached hydrogens (primary N) is 1. The number of primary amides is 1. The first-order valence-electron chi connectivity index (χ1n) is 14.9. The van der Waals surface area contributed by atoms with Gasteiger partial charge in [0.1, 0.15) is 6.61 Å². The van der Waals surface area contributed by atoms with Gasteiger partial charge in [-0.3, -0.25) is 33.8 Å². The lowest BCUT2D eigenvalue weighted by Gasteiger charge is -2.26. The van der Waals surface area contributed by atoms with E-state index in [1.165, 1.54) is 0 Å². The number of carbonyl (C=O) groups is 6. The third-order valence-corrected chi connectivity index (χ3v) is 7.35. The van der Waals surface area contributed by atoms with Gasteiger partial charge >= 0.3 is 5.97 Å². The van der Waals surface area contributed by atoms with Crippen molar-refractivity contribution in [3.05, 3.63) is 66.0 Å². The molecule has 4 atom stereocenters. The van der Waals surface area contributed by atoms with Gasteiger partial charge in [-0.2, -0.15) is 0 Å². The zero-order valence-electron chi connectivity index (χ0n) is 25.9. The maximum atomic E-state index is 13.3. The van der Waals surface area contributed by atoms with Gasteiger partial charge in [0.25, 0.3) is 5.91 Å². The molecule has 44 heavy (non-hydrogen) atoms. The van der Waals surface area contributed by atoms with E-state index in [0.717, 1.165) is 11.1 Å². The average molecular weight is 609 g/mol. The molecule has 2 rings (SSSR count). The van der Waals surface area contributed by atoms with Crippen LogP contribution in [0.4, 0.5) is 0 Å². The number of carbonyl (C=O) groups excluding carboxylic acids is 6. The summed E-state index contributed by atoms with van der Waals surface area (Å²) in [4.78, 5) is 80.4. The van der Waals surface area contributed by atoms with Crippen LogP contribution in [0.5, 0.6) is 0 Å². The van der Waals surface area contributed by atoms with Crippen molar-refractivity contribution in [2.75, 3.05) is 6.54 Å². The fraction of sp³-hybridized carbons (Fsp3) is 0.485. The summed E-state index contributed by atoms with van der Waals surface area (Å²) in [5.74, 6) is -6.03. The van der Waals surface area contributed by atoms with Crippen molar-refractivity contribution in [2.24, 2.45) is 29.4 Å². The normalized spacial score (nSPS) is 13.7. The zero-order chi connectivity index (χ0) is 32.6. The molecule has 11 nitrogen and oxygen atoms in total. The lowest BCUT2D eigenvalue weighted by molar-refractivity contribution is -0.149. The molecule has 4 N–H and O–H groups in total. The van der Waals surface area contributed by atoms with Crippen LogP contribution in [-0.4, -0.2) is 52.8 Å². The summed E-state index contributed by atoms with van der Waals surface area (Å²) in [6.45, 7) is 6.97. The van der Waals surface area contributed by atoms with E-state index in [4.69, 9.17) is 10.5 Å². The lowest BCUT2D eigenvalue weighted by Crippen LogP contribution is -2.52. The summed E-state index contributed by atoms with van der Waals surface area (Å²) in [5, 5.41) is 5.01. The second-order valence-electron chi connectivity index (χ2n) is 11.5. The number of ketones is 2. The van der Waals surface area contributed by atoms with E-state index in [1.807, 2.05) is 51.1 Å². The smallest absolute Gasteiger partial charge is 0.306 e. The number of rotatable bonds is 19. The number of aromatic nitrogens is 1. The molecule has 0 aliphatic carbocycles. The zero-order valence-corrected chi connectivity index (χ0v) is 25.9. The Labute approximate surface area is 258 Å². The summed E-state index contributed by atoms with van der Waals surface area (Å²) in [5.41, 5.74) is 7.08. The maximum Gasteiger partial charge on any atom is 0.306 e. The molecule has 0 fully saturated rings. The predicted octanol–water partition coefficient (Wildman–Crippen LogP) is 2.70. The Kier molecular flexibility index (Phi) is 14.9. The summed E-state index contributed by atoms with van der Waals surface area (Å²) in [6, 6.07) is 11.4. The van der Waals surface area contributed by atoms with Crippen molar-refractivity contribution in [2.45, 2.75) is 72.4 Å². The van der Waals surface area contributed by atoms with Gasteiger partial charge in [0.15, 0.2) is 5.78 Å². The van der Waals surface area contributed by atoms with E-state index < -0.39 is 65.6 Å². The molecular formula is C33H44N4O7. The van der Waals surface area contributed by atoms with Crippen LogP contribution in [0.2, 0.25) is 0 Å². The number of hydrogen-bond donors (Lipinski definition) is 3. The summed E-state index contributed by atoms with van der Waals surface area (Å²) < 4.78 is 5.37. The maximum absolute atomic E-state index is 13.3. The molecule has 1 heterocycles. The molecule has 2 aromatic rings. The Balaban J connectivity index is 2.00. The minimum absolute atomic E-state index is 0.0718. The third-order valence-electron chi connectivity index (χ3n) is 7.35. The minimum Gasteiger partial charge on any atom is -0.461 e. The average Bonchev–Trinajstić information content (AvgIpc) is 3.00. The van der Waals surface area contributed by atoms with E-state index in [0.29, 0.717) is 12.8 Å². The Morgan fingerprint density at radius 3 is 2.14 bits per heavy atom. The van der Waals surface area contributed by atoms with E-state index in [9.17, 15) is 28.8 Å². The van der Waals surface area contributed by atoms with Crippen molar-refractivity contribution < 1.29 is 33.5 Å². The largest absolute Gasteiger partial charge is 0.461 e. The number of nitrogens with zero attached hydrogens (tertiary/aromatic N) is 1. The van der Waals surface area contributed by atoms with Crippen LogP contribution in [0.1, 0.15) is 64.5 Å². The Bertz CT molecular complexity index is 1270. The number of nitrogens with one attached hydrogen (secondary N) is 2. The number of hydrogen-bond acceptors (Lipinski definition) is 8. The molecule has 0 aliphatic heterocycles. The third kappa shape index (κ3) is 12.4. The van der Waals surface area contributed by atoms with Crippen molar-refractivity contribution >= 4 is 35.3 Å². The molecule has 11 heteroatoms. The molecule has 4 unspecified atom stereocenters. The van der Waals surface area contributed by atoms with Gasteiger partial charge in [0.05, 0.1) is 19.0 Å². The van der Waals surface area contributed by atoms with Crippen molar-refractivity contribution in [1.82, 2.24) is 15.6 Å². The number of benzene rings is 1. The molecule has 0 spiro atoms. The molecule has 0 saturated carbocycles. The first-order chi connectivity index (χ1) is 20.9. The van der Waals surface area contributed by atoms with Gasteiger partial charge in [-0.1, -0.05) is 64.4 Å². The van der Waals surface area contributed by atoms with Crippen molar-refractivity contribution in [1.29, 1.82) is 0 Å². The summed E-state index contributed by atoms with van der Waals surface area (Å²) >= 11 is 0. The second kappa shape index (κ2) is 18.3. The van der Waals surface area contributed by atoms with Crippen LogP contribution in [0.15, 0.2) is 54.9 Å². The Morgan fingerprint density at radius 1 is 0.886 bits per heavy atom. The highest BCUT2D eigenvalue weighted by molar-refractivity contribution is 6.38. The highest BCUT2D eigenvalue weighted by atomic mass is 16.5. The van der Waals surface area contributed by atoms with E-state index in [-0.39, 0.29) is 31.8 Å². The number of pyridine rings is 1. The van der Waals surface area contributed by atoms with Crippen LogP contribution in [0, 0.1) is 23.7 Å². The van der Waals surface area contributed by atoms with Crippen molar-refractivity contribution in [3.63, 3.8) is 0 Å². The van der Waals surface area contributed by atoms with Gasteiger partial charge in [-0.15, -0.1) is 0 Å².